The van der Waals surface area contributed by atoms with Crippen LogP contribution in [0.1, 0.15) is 6.42 Å². The van der Waals surface area contributed by atoms with Crippen LogP contribution in [0.15, 0.2) is 59.4 Å². The Kier molecular flexibility index (Phi) is 1.71. The predicted octanol–water partition coefficient (Wildman–Crippen LogP) is 2.81. The third kappa shape index (κ3) is 1.26. The molecule has 0 amide bonds. The average molecular weight is 158 g/mol. The molecule has 12 heavy (non-hydrogen) atoms. The van der Waals surface area contributed by atoms with E-state index in [4.69, 9.17) is 0 Å². The molecular formula is C11H10O. The van der Waals surface area contributed by atoms with Gasteiger partial charge in [-0.25, -0.2) is 0 Å². The molecule has 0 aromatic rings. The van der Waals surface area contributed by atoms with E-state index in [1.807, 2.05) is 24.3 Å². The molecule has 0 heterocycles. The van der Waals surface area contributed by atoms with Gasteiger partial charge in [0.15, 0.2) is 0 Å². The third-order valence-corrected chi connectivity index (χ3v) is 1.99. The highest BCUT2D eigenvalue weighted by molar-refractivity contribution is 5.50. The van der Waals surface area contributed by atoms with Gasteiger partial charge in [-0.05, 0) is 29.7 Å². The lowest BCUT2D eigenvalue weighted by Gasteiger charge is -2.07. The van der Waals surface area contributed by atoms with E-state index < -0.39 is 0 Å². The van der Waals surface area contributed by atoms with Gasteiger partial charge in [-0.3, -0.25) is 0 Å². The maximum atomic E-state index is 9.30. The minimum absolute atomic E-state index is 0.322. The highest BCUT2D eigenvalue weighted by atomic mass is 16.3. The molecule has 0 unspecified atom stereocenters. The highest BCUT2D eigenvalue weighted by Gasteiger charge is 2.05. The van der Waals surface area contributed by atoms with Crippen molar-refractivity contribution in [3.63, 3.8) is 0 Å². The fourth-order valence-electron chi connectivity index (χ4n) is 1.37. The maximum Gasteiger partial charge on any atom is 0.116 e. The molecule has 2 aliphatic carbocycles. The third-order valence-electron chi connectivity index (χ3n) is 1.99. The van der Waals surface area contributed by atoms with Crippen molar-refractivity contribution < 1.29 is 5.11 Å². The molecule has 0 aromatic carbocycles. The van der Waals surface area contributed by atoms with Crippen LogP contribution in [0.3, 0.4) is 0 Å². The summed E-state index contributed by atoms with van der Waals surface area (Å²) in [5, 5.41) is 9.30. The summed E-state index contributed by atoms with van der Waals surface area (Å²) in [6, 6.07) is 0. The quantitative estimate of drug-likeness (QED) is 0.574. The maximum absolute atomic E-state index is 9.30. The Labute approximate surface area is 71.7 Å². The Morgan fingerprint density at radius 3 is 3.00 bits per heavy atom. The molecule has 1 N–H and O–H groups in total. The van der Waals surface area contributed by atoms with Gasteiger partial charge in [0.2, 0.25) is 0 Å². The van der Waals surface area contributed by atoms with Crippen LogP contribution in [-0.2, 0) is 0 Å². The van der Waals surface area contributed by atoms with Crippen molar-refractivity contribution in [2.45, 2.75) is 6.42 Å². The molecule has 2 rings (SSSR count). The van der Waals surface area contributed by atoms with Gasteiger partial charge in [-0.2, -0.15) is 0 Å². The molecule has 1 nitrogen and oxygen atoms in total. The Hall–Kier alpha value is -1.50. The zero-order valence-electron chi connectivity index (χ0n) is 6.70. The van der Waals surface area contributed by atoms with Crippen LogP contribution in [0.25, 0.3) is 0 Å². The van der Waals surface area contributed by atoms with Gasteiger partial charge in [0.1, 0.15) is 5.76 Å². The topological polar surface area (TPSA) is 20.2 Å². The first kappa shape index (κ1) is 7.17. The molecule has 0 fully saturated rings. The summed E-state index contributed by atoms with van der Waals surface area (Å²) in [7, 11) is 0. The summed E-state index contributed by atoms with van der Waals surface area (Å²) in [6.07, 6.45) is 14.5. The van der Waals surface area contributed by atoms with Crippen molar-refractivity contribution in [3.05, 3.63) is 59.4 Å². The van der Waals surface area contributed by atoms with Crippen LogP contribution in [0, 0.1) is 0 Å². The number of rotatable bonds is 0. The second kappa shape index (κ2) is 2.86. The van der Waals surface area contributed by atoms with Gasteiger partial charge in [0.05, 0.1) is 0 Å². The number of allylic oxidation sites excluding steroid dienone is 9. The van der Waals surface area contributed by atoms with Gasteiger partial charge >= 0.3 is 0 Å². The van der Waals surface area contributed by atoms with Gasteiger partial charge in [0.25, 0.3) is 0 Å². The molecule has 1 heteroatoms. The zero-order valence-corrected chi connectivity index (χ0v) is 6.70. The van der Waals surface area contributed by atoms with Gasteiger partial charge in [-0.1, -0.05) is 30.4 Å². The first-order valence-corrected chi connectivity index (χ1v) is 4.01. The van der Waals surface area contributed by atoms with E-state index in [2.05, 4.69) is 6.08 Å². The molecule has 2 aliphatic rings. The van der Waals surface area contributed by atoms with Crippen molar-refractivity contribution in [3.8, 4) is 0 Å². The molecule has 0 radical (unpaired) electrons. The molecule has 0 bridgehead atoms. The predicted molar refractivity (Wildman–Crippen MR) is 49.8 cm³/mol. The van der Waals surface area contributed by atoms with Crippen molar-refractivity contribution >= 4 is 0 Å². The first-order chi connectivity index (χ1) is 5.86. The van der Waals surface area contributed by atoms with Crippen LogP contribution in [0.4, 0.5) is 0 Å². The Bertz CT molecular complexity index is 338. The summed E-state index contributed by atoms with van der Waals surface area (Å²) in [5.41, 5.74) is 2.37. The number of hydrogen-bond acceptors (Lipinski definition) is 1. The van der Waals surface area contributed by atoms with E-state index in [1.54, 1.807) is 12.2 Å². The van der Waals surface area contributed by atoms with Crippen molar-refractivity contribution in [1.82, 2.24) is 0 Å². The normalized spacial score (nSPS) is 20.5. The minimum Gasteiger partial charge on any atom is -0.508 e. The van der Waals surface area contributed by atoms with E-state index in [0.717, 1.165) is 12.0 Å². The molecule has 0 saturated heterocycles. The van der Waals surface area contributed by atoms with Crippen LogP contribution >= 0.6 is 0 Å². The summed E-state index contributed by atoms with van der Waals surface area (Å²) in [5.74, 6) is 0.322. The number of aliphatic hydroxyl groups excluding tert-OH is 1. The summed E-state index contributed by atoms with van der Waals surface area (Å²) < 4.78 is 0. The van der Waals surface area contributed by atoms with Crippen molar-refractivity contribution in [2.75, 3.05) is 0 Å². The number of hydrogen-bond donors (Lipinski definition) is 1. The SMILES string of the molecule is OC1=CC2=CC=CCC2=CC=C1. The molecular weight excluding hydrogens is 148 g/mol. The fraction of sp³-hybridized carbons (Fsp3) is 0.0909. The lowest BCUT2D eigenvalue weighted by atomic mass is 9.98. The van der Waals surface area contributed by atoms with Crippen LogP contribution < -0.4 is 0 Å². The Morgan fingerprint density at radius 2 is 2.08 bits per heavy atom. The Balaban J connectivity index is 2.46. The lowest BCUT2D eigenvalue weighted by Crippen LogP contribution is -1.89. The van der Waals surface area contributed by atoms with E-state index in [1.165, 1.54) is 5.57 Å². The van der Waals surface area contributed by atoms with Crippen LogP contribution in [0.5, 0.6) is 0 Å². The van der Waals surface area contributed by atoms with E-state index in [0.29, 0.717) is 5.76 Å². The second-order valence-electron chi connectivity index (χ2n) is 2.87. The lowest BCUT2D eigenvalue weighted by molar-refractivity contribution is 0.432. The van der Waals surface area contributed by atoms with E-state index >= 15 is 0 Å². The number of fused-ring (bicyclic) bond motifs is 1. The Morgan fingerprint density at radius 1 is 1.17 bits per heavy atom. The van der Waals surface area contributed by atoms with Crippen molar-refractivity contribution in [2.24, 2.45) is 0 Å². The van der Waals surface area contributed by atoms with Gasteiger partial charge in [-0.15, -0.1) is 0 Å². The van der Waals surface area contributed by atoms with Crippen LogP contribution in [0.2, 0.25) is 0 Å². The fourth-order valence-corrected chi connectivity index (χ4v) is 1.37. The van der Waals surface area contributed by atoms with Gasteiger partial charge in [0, 0.05) is 0 Å². The largest absolute Gasteiger partial charge is 0.508 e. The summed E-state index contributed by atoms with van der Waals surface area (Å²) in [6.45, 7) is 0. The second-order valence-corrected chi connectivity index (χ2v) is 2.87. The summed E-state index contributed by atoms with van der Waals surface area (Å²) in [4.78, 5) is 0. The number of aliphatic hydroxyl groups is 1. The summed E-state index contributed by atoms with van der Waals surface area (Å²) >= 11 is 0. The molecule has 0 aromatic heterocycles. The molecule has 0 aliphatic heterocycles. The van der Waals surface area contributed by atoms with E-state index in [-0.39, 0.29) is 0 Å². The van der Waals surface area contributed by atoms with Crippen molar-refractivity contribution in [1.29, 1.82) is 0 Å². The monoisotopic (exact) mass is 158 g/mol. The minimum atomic E-state index is 0.322. The van der Waals surface area contributed by atoms with E-state index in [9.17, 15) is 5.11 Å². The van der Waals surface area contributed by atoms with Gasteiger partial charge < -0.3 is 5.11 Å². The molecule has 60 valence electrons. The smallest absolute Gasteiger partial charge is 0.116 e. The average Bonchev–Trinajstić information content (AvgIpc) is 2.25. The molecule has 0 atom stereocenters. The van der Waals surface area contributed by atoms with Crippen LogP contribution in [-0.4, -0.2) is 5.11 Å². The highest BCUT2D eigenvalue weighted by Crippen LogP contribution is 2.23. The molecule has 0 spiro atoms. The zero-order chi connectivity index (χ0) is 8.39. The first-order valence-electron chi connectivity index (χ1n) is 4.01. The standard InChI is InChI=1S/C11H10O/c12-11-7-3-6-9-4-1-2-5-10(9)8-11/h1-3,5-8,12H,4H2. The molecule has 0 saturated carbocycles.